The van der Waals surface area contributed by atoms with Gasteiger partial charge in [0.15, 0.2) is 5.96 Å². The average molecular weight is 410 g/mol. The standard InChI is InChI=1S/C15H30N4O.HI/c1-5-17-15(18-11-12(2)3)19-8-6-13(7-9-19)10-14(20)16-4;/h12-13H,5-11H2,1-4H3,(H,16,20)(H,17,18);1H. The first-order valence-corrected chi connectivity index (χ1v) is 7.80. The highest BCUT2D eigenvalue weighted by Crippen LogP contribution is 2.20. The van der Waals surface area contributed by atoms with Gasteiger partial charge in [0, 0.05) is 39.6 Å². The number of carbonyl (C=O) groups excluding carboxylic acids is 1. The number of aliphatic imine (C=N–C) groups is 1. The number of hydrogen-bond donors (Lipinski definition) is 2. The second kappa shape index (κ2) is 11.1. The van der Waals surface area contributed by atoms with Crippen LogP contribution in [0.2, 0.25) is 0 Å². The smallest absolute Gasteiger partial charge is 0.220 e. The van der Waals surface area contributed by atoms with Crippen molar-refractivity contribution in [1.29, 1.82) is 0 Å². The molecule has 0 saturated carbocycles. The van der Waals surface area contributed by atoms with Crippen molar-refractivity contribution in [2.45, 2.75) is 40.0 Å². The summed E-state index contributed by atoms with van der Waals surface area (Å²) in [4.78, 5) is 18.4. The van der Waals surface area contributed by atoms with E-state index >= 15 is 0 Å². The van der Waals surface area contributed by atoms with Gasteiger partial charge in [-0.15, -0.1) is 24.0 Å². The lowest BCUT2D eigenvalue weighted by Gasteiger charge is -2.34. The molecule has 1 rings (SSSR count). The molecule has 1 fully saturated rings. The van der Waals surface area contributed by atoms with Gasteiger partial charge in [-0.3, -0.25) is 9.79 Å². The molecule has 0 aliphatic carbocycles. The van der Waals surface area contributed by atoms with Crippen LogP contribution >= 0.6 is 24.0 Å². The topological polar surface area (TPSA) is 56.7 Å². The molecule has 0 aromatic carbocycles. The van der Waals surface area contributed by atoms with Crippen molar-refractivity contribution in [2.75, 3.05) is 33.2 Å². The first-order chi connectivity index (χ1) is 9.56. The number of carbonyl (C=O) groups is 1. The van der Waals surface area contributed by atoms with E-state index in [0.717, 1.165) is 45.0 Å². The van der Waals surface area contributed by atoms with Crippen LogP contribution in [0.4, 0.5) is 0 Å². The summed E-state index contributed by atoms with van der Waals surface area (Å²) >= 11 is 0. The van der Waals surface area contributed by atoms with E-state index in [2.05, 4.69) is 36.3 Å². The van der Waals surface area contributed by atoms with E-state index in [1.807, 2.05) is 0 Å². The normalized spacial score (nSPS) is 16.6. The highest BCUT2D eigenvalue weighted by molar-refractivity contribution is 14.0. The molecular weight excluding hydrogens is 379 g/mol. The third kappa shape index (κ3) is 7.87. The van der Waals surface area contributed by atoms with Crippen LogP contribution in [0, 0.1) is 11.8 Å². The number of hydrogen-bond acceptors (Lipinski definition) is 2. The van der Waals surface area contributed by atoms with Crippen LogP contribution in [-0.2, 0) is 4.79 Å². The SMILES string of the molecule is CCNC(=NCC(C)C)N1CCC(CC(=O)NC)CC1.I. The van der Waals surface area contributed by atoms with Gasteiger partial charge in [-0.2, -0.15) is 0 Å². The maximum absolute atomic E-state index is 11.4. The predicted octanol–water partition coefficient (Wildman–Crippen LogP) is 2.07. The Balaban J connectivity index is 0.00000400. The van der Waals surface area contributed by atoms with Crippen molar-refractivity contribution in [3.8, 4) is 0 Å². The molecule has 1 saturated heterocycles. The fraction of sp³-hybridized carbons (Fsp3) is 0.867. The van der Waals surface area contributed by atoms with Crippen LogP contribution in [0.5, 0.6) is 0 Å². The summed E-state index contributed by atoms with van der Waals surface area (Å²) in [5, 5.41) is 6.08. The van der Waals surface area contributed by atoms with Gasteiger partial charge < -0.3 is 15.5 Å². The minimum Gasteiger partial charge on any atom is -0.359 e. The van der Waals surface area contributed by atoms with Crippen LogP contribution < -0.4 is 10.6 Å². The van der Waals surface area contributed by atoms with Gasteiger partial charge in [0.05, 0.1) is 0 Å². The molecule has 2 N–H and O–H groups in total. The van der Waals surface area contributed by atoms with E-state index in [1.54, 1.807) is 7.05 Å². The maximum atomic E-state index is 11.4. The van der Waals surface area contributed by atoms with Crippen molar-refractivity contribution in [2.24, 2.45) is 16.8 Å². The highest BCUT2D eigenvalue weighted by atomic mass is 127. The molecule has 0 aromatic rings. The monoisotopic (exact) mass is 410 g/mol. The third-order valence-electron chi connectivity index (χ3n) is 3.61. The van der Waals surface area contributed by atoms with Gasteiger partial charge in [0.1, 0.15) is 0 Å². The van der Waals surface area contributed by atoms with Gasteiger partial charge in [0.25, 0.3) is 0 Å². The summed E-state index contributed by atoms with van der Waals surface area (Å²) in [6.07, 6.45) is 2.79. The van der Waals surface area contributed by atoms with E-state index in [1.165, 1.54) is 0 Å². The minimum atomic E-state index is 0. The van der Waals surface area contributed by atoms with Crippen LogP contribution in [0.1, 0.15) is 40.0 Å². The molecule has 1 heterocycles. The van der Waals surface area contributed by atoms with Crippen molar-refractivity contribution >= 4 is 35.8 Å². The predicted molar refractivity (Wildman–Crippen MR) is 99.2 cm³/mol. The van der Waals surface area contributed by atoms with E-state index in [-0.39, 0.29) is 29.9 Å². The maximum Gasteiger partial charge on any atom is 0.220 e. The number of guanidine groups is 1. The summed E-state index contributed by atoms with van der Waals surface area (Å²) in [5.41, 5.74) is 0. The Kier molecular flexibility index (Phi) is 10.8. The Labute approximate surface area is 146 Å². The molecule has 0 atom stereocenters. The summed E-state index contributed by atoms with van der Waals surface area (Å²) in [5.74, 6) is 2.28. The zero-order chi connectivity index (χ0) is 15.0. The van der Waals surface area contributed by atoms with Gasteiger partial charge in [0.2, 0.25) is 5.91 Å². The minimum absolute atomic E-state index is 0. The van der Waals surface area contributed by atoms with Crippen LogP contribution in [0.3, 0.4) is 0 Å². The third-order valence-corrected chi connectivity index (χ3v) is 3.61. The lowest BCUT2D eigenvalue weighted by molar-refractivity contribution is -0.121. The quantitative estimate of drug-likeness (QED) is 0.415. The van der Waals surface area contributed by atoms with Gasteiger partial charge in [-0.25, -0.2) is 0 Å². The number of likely N-dealkylation sites (tertiary alicyclic amines) is 1. The second-order valence-electron chi connectivity index (χ2n) is 5.90. The van der Waals surface area contributed by atoms with Crippen LogP contribution in [-0.4, -0.2) is 50.0 Å². The Bertz CT molecular complexity index is 326. The number of rotatable bonds is 5. The lowest BCUT2D eigenvalue weighted by Crippen LogP contribution is -2.46. The van der Waals surface area contributed by atoms with E-state index in [4.69, 9.17) is 4.99 Å². The summed E-state index contributed by atoms with van der Waals surface area (Å²) < 4.78 is 0. The number of piperidine rings is 1. The molecule has 1 aliphatic rings. The Morgan fingerprint density at radius 3 is 2.43 bits per heavy atom. The molecule has 0 unspecified atom stereocenters. The molecule has 1 amide bonds. The summed E-state index contributed by atoms with van der Waals surface area (Å²) in [6.45, 7) is 10.2. The first-order valence-electron chi connectivity index (χ1n) is 7.80. The number of nitrogens with one attached hydrogen (secondary N) is 2. The second-order valence-corrected chi connectivity index (χ2v) is 5.90. The number of amides is 1. The fourth-order valence-electron chi connectivity index (χ4n) is 2.41. The molecule has 21 heavy (non-hydrogen) atoms. The zero-order valence-electron chi connectivity index (χ0n) is 13.8. The molecule has 0 bridgehead atoms. The van der Waals surface area contributed by atoms with Crippen molar-refractivity contribution < 1.29 is 4.79 Å². The Hall–Kier alpha value is -0.530. The molecule has 5 nitrogen and oxygen atoms in total. The number of halogens is 1. The van der Waals surface area contributed by atoms with Gasteiger partial charge in [-0.1, -0.05) is 13.8 Å². The fourth-order valence-corrected chi connectivity index (χ4v) is 2.41. The summed E-state index contributed by atoms with van der Waals surface area (Å²) in [7, 11) is 1.71. The van der Waals surface area contributed by atoms with Crippen molar-refractivity contribution in [3.05, 3.63) is 0 Å². The molecular formula is C15H31IN4O. The molecule has 0 spiro atoms. The molecule has 124 valence electrons. The van der Waals surface area contributed by atoms with Crippen molar-refractivity contribution in [1.82, 2.24) is 15.5 Å². The van der Waals surface area contributed by atoms with E-state index in [9.17, 15) is 4.79 Å². The number of nitrogens with zero attached hydrogens (tertiary/aromatic N) is 2. The van der Waals surface area contributed by atoms with Gasteiger partial charge in [-0.05, 0) is 31.6 Å². The van der Waals surface area contributed by atoms with Crippen LogP contribution in [0.25, 0.3) is 0 Å². The molecule has 0 radical (unpaired) electrons. The zero-order valence-corrected chi connectivity index (χ0v) is 16.1. The first kappa shape index (κ1) is 20.5. The molecule has 6 heteroatoms. The average Bonchev–Trinajstić information content (AvgIpc) is 2.44. The van der Waals surface area contributed by atoms with Crippen molar-refractivity contribution in [3.63, 3.8) is 0 Å². The van der Waals surface area contributed by atoms with Gasteiger partial charge >= 0.3 is 0 Å². The van der Waals surface area contributed by atoms with E-state index < -0.39 is 0 Å². The molecule has 0 aromatic heterocycles. The largest absolute Gasteiger partial charge is 0.359 e. The highest BCUT2D eigenvalue weighted by Gasteiger charge is 2.22. The summed E-state index contributed by atoms with van der Waals surface area (Å²) in [6, 6.07) is 0. The lowest BCUT2D eigenvalue weighted by atomic mass is 9.93. The van der Waals surface area contributed by atoms with Crippen LogP contribution in [0.15, 0.2) is 4.99 Å². The van der Waals surface area contributed by atoms with E-state index in [0.29, 0.717) is 18.3 Å². The molecule has 1 aliphatic heterocycles. The Morgan fingerprint density at radius 1 is 1.33 bits per heavy atom. The Morgan fingerprint density at radius 2 is 1.95 bits per heavy atom.